The SMILES string of the molecule is CC(=O)O[C@@H]1C[C@@H]2[C@@]3(C)CCCC(C)(C)[C@@H]3CC[C@@]2(C)[C@@H]2C[C@H](O)C3=C([C@H](O)OC3=O)[C@@]12C. The maximum Gasteiger partial charge on any atom is 0.339 e. The summed E-state index contributed by atoms with van der Waals surface area (Å²) < 4.78 is 11.2. The second kappa shape index (κ2) is 7.07. The minimum absolute atomic E-state index is 0.0335. The van der Waals surface area contributed by atoms with Crippen molar-refractivity contribution in [3.8, 4) is 0 Å². The Balaban J connectivity index is 1.67. The molecule has 0 bridgehead atoms. The Morgan fingerprint density at radius 1 is 0.970 bits per heavy atom. The van der Waals surface area contributed by atoms with Gasteiger partial charge in [0, 0.05) is 17.9 Å². The van der Waals surface area contributed by atoms with E-state index in [4.69, 9.17) is 9.47 Å². The van der Waals surface area contributed by atoms with Crippen LogP contribution < -0.4 is 0 Å². The van der Waals surface area contributed by atoms with Gasteiger partial charge < -0.3 is 19.7 Å². The molecular weight excluding hydrogens is 420 g/mol. The molecule has 0 saturated heterocycles. The number of esters is 2. The van der Waals surface area contributed by atoms with Crippen LogP contribution >= 0.6 is 0 Å². The summed E-state index contributed by atoms with van der Waals surface area (Å²) in [5.74, 6) is -0.102. The van der Waals surface area contributed by atoms with Crippen LogP contribution in [0.15, 0.2) is 11.1 Å². The van der Waals surface area contributed by atoms with Gasteiger partial charge in [0.1, 0.15) is 6.10 Å². The molecule has 3 saturated carbocycles. The van der Waals surface area contributed by atoms with Gasteiger partial charge in [-0.3, -0.25) is 4.79 Å². The molecule has 5 rings (SSSR count). The summed E-state index contributed by atoms with van der Waals surface area (Å²) in [4.78, 5) is 24.8. The van der Waals surface area contributed by atoms with E-state index in [1.807, 2.05) is 6.92 Å². The van der Waals surface area contributed by atoms with Gasteiger partial charge in [0.2, 0.25) is 6.29 Å². The highest BCUT2D eigenvalue weighted by Crippen LogP contribution is 2.73. The lowest BCUT2D eigenvalue weighted by atomic mass is 9.35. The molecule has 0 unspecified atom stereocenters. The Morgan fingerprint density at radius 3 is 2.30 bits per heavy atom. The molecule has 33 heavy (non-hydrogen) atoms. The van der Waals surface area contributed by atoms with Gasteiger partial charge in [-0.2, -0.15) is 0 Å². The molecule has 0 amide bonds. The summed E-state index contributed by atoms with van der Waals surface area (Å²) in [6, 6.07) is 0. The number of hydrogen-bond acceptors (Lipinski definition) is 6. The zero-order valence-corrected chi connectivity index (χ0v) is 20.9. The van der Waals surface area contributed by atoms with Gasteiger partial charge in [0.15, 0.2) is 0 Å². The average molecular weight is 461 g/mol. The van der Waals surface area contributed by atoms with Gasteiger partial charge in [-0.05, 0) is 72.5 Å². The summed E-state index contributed by atoms with van der Waals surface area (Å²) in [6.45, 7) is 13.1. The normalized spacial score (nSPS) is 50.5. The van der Waals surface area contributed by atoms with Gasteiger partial charge in [0.25, 0.3) is 0 Å². The number of carbonyl (C=O) groups excluding carboxylic acids is 2. The van der Waals surface area contributed by atoms with Crippen molar-refractivity contribution in [2.24, 2.45) is 39.4 Å². The number of carbonyl (C=O) groups is 2. The highest BCUT2D eigenvalue weighted by atomic mass is 16.6. The van der Waals surface area contributed by atoms with Crippen LogP contribution in [0.5, 0.6) is 0 Å². The number of aliphatic hydroxyl groups excluding tert-OH is 2. The number of cyclic esters (lactones) is 1. The van der Waals surface area contributed by atoms with Crippen molar-refractivity contribution in [3.63, 3.8) is 0 Å². The third kappa shape index (κ3) is 2.92. The number of hydrogen-bond donors (Lipinski definition) is 2. The number of ether oxygens (including phenoxy) is 2. The van der Waals surface area contributed by atoms with Gasteiger partial charge in [-0.15, -0.1) is 0 Å². The third-order valence-corrected chi connectivity index (χ3v) is 11.1. The fraction of sp³-hybridized carbons (Fsp3) is 0.852. The molecule has 6 heteroatoms. The highest BCUT2D eigenvalue weighted by Gasteiger charge is 2.70. The zero-order chi connectivity index (χ0) is 24.1. The molecule has 0 aromatic heterocycles. The van der Waals surface area contributed by atoms with Crippen LogP contribution in [0.4, 0.5) is 0 Å². The van der Waals surface area contributed by atoms with E-state index >= 15 is 0 Å². The largest absolute Gasteiger partial charge is 0.462 e. The molecule has 6 nitrogen and oxygen atoms in total. The topological polar surface area (TPSA) is 93.1 Å². The quantitative estimate of drug-likeness (QED) is 0.572. The van der Waals surface area contributed by atoms with Crippen molar-refractivity contribution >= 4 is 11.9 Å². The van der Waals surface area contributed by atoms with Crippen molar-refractivity contribution in [2.75, 3.05) is 0 Å². The molecule has 184 valence electrons. The Morgan fingerprint density at radius 2 is 1.64 bits per heavy atom. The van der Waals surface area contributed by atoms with Crippen LogP contribution in [0.25, 0.3) is 0 Å². The van der Waals surface area contributed by atoms with Crippen molar-refractivity contribution < 1.29 is 29.3 Å². The smallest absolute Gasteiger partial charge is 0.339 e. The molecule has 9 atom stereocenters. The fourth-order valence-corrected chi connectivity index (χ4v) is 9.94. The van der Waals surface area contributed by atoms with Crippen molar-refractivity contribution in [1.29, 1.82) is 0 Å². The summed E-state index contributed by atoms with van der Waals surface area (Å²) in [5, 5.41) is 21.9. The minimum Gasteiger partial charge on any atom is -0.462 e. The van der Waals surface area contributed by atoms with E-state index in [-0.39, 0.29) is 33.7 Å². The first-order chi connectivity index (χ1) is 15.3. The van der Waals surface area contributed by atoms with E-state index in [0.717, 1.165) is 19.3 Å². The summed E-state index contributed by atoms with van der Waals surface area (Å²) in [6.07, 6.45) is 4.08. The molecule has 0 aromatic carbocycles. The average Bonchev–Trinajstić information content (AvgIpc) is 3.00. The van der Waals surface area contributed by atoms with Gasteiger partial charge in [0.05, 0.1) is 11.7 Å². The molecule has 0 aromatic rings. The molecule has 1 heterocycles. The standard InChI is InChI=1S/C27H40O6/c1-14(28)32-19-13-17-25(4)10-7-9-24(2,3)16(25)8-11-26(17,5)18-12-15(29)20-21(27(18,19)6)23(31)33-22(20)30/h15-19,23,29,31H,7-13H2,1-6H3/t15-,16-,17+,18-,19+,23+,25-,26+,27+/m0/s1. The second-order valence-corrected chi connectivity index (χ2v) is 13.0. The first-order valence-electron chi connectivity index (χ1n) is 12.8. The zero-order valence-electron chi connectivity index (χ0n) is 20.9. The van der Waals surface area contributed by atoms with Crippen LogP contribution in [0.2, 0.25) is 0 Å². The molecule has 0 radical (unpaired) electrons. The molecule has 0 spiro atoms. The van der Waals surface area contributed by atoms with Gasteiger partial charge >= 0.3 is 11.9 Å². The summed E-state index contributed by atoms with van der Waals surface area (Å²) >= 11 is 0. The monoisotopic (exact) mass is 460 g/mol. The van der Waals surface area contributed by atoms with Crippen LogP contribution in [-0.4, -0.2) is 40.6 Å². The minimum atomic E-state index is -1.39. The molecule has 2 N–H and O–H groups in total. The van der Waals surface area contributed by atoms with E-state index in [1.165, 1.54) is 19.8 Å². The molecule has 1 aliphatic heterocycles. The summed E-state index contributed by atoms with van der Waals surface area (Å²) in [7, 11) is 0. The van der Waals surface area contributed by atoms with Gasteiger partial charge in [-0.1, -0.05) is 41.0 Å². The third-order valence-electron chi connectivity index (χ3n) is 11.1. The van der Waals surface area contributed by atoms with Crippen LogP contribution in [0.3, 0.4) is 0 Å². The van der Waals surface area contributed by atoms with Crippen molar-refractivity contribution in [1.82, 2.24) is 0 Å². The molecule has 3 fully saturated rings. The summed E-state index contributed by atoms with van der Waals surface area (Å²) in [5.41, 5.74) is 0.154. The lowest BCUT2D eigenvalue weighted by molar-refractivity contribution is -0.232. The lowest BCUT2D eigenvalue weighted by Gasteiger charge is -2.70. The molecule has 5 aliphatic rings. The van der Waals surface area contributed by atoms with E-state index in [2.05, 4.69) is 27.7 Å². The maximum absolute atomic E-state index is 12.5. The maximum atomic E-state index is 12.5. The van der Waals surface area contributed by atoms with E-state index < -0.39 is 29.9 Å². The van der Waals surface area contributed by atoms with E-state index in [9.17, 15) is 19.8 Å². The predicted octanol–water partition coefficient (Wildman–Crippen LogP) is 4.13. The number of aliphatic hydroxyl groups is 2. The molecular formula is C27H40O6. The Bertz CT molecular complexity index is 922. The Labute approximate surface area is 197 Å². The van der Waals surface area contributed by atoms with Gasteiger partial charge in [-0.25, -0.2) is 4.79 Å². The van der Waals surface area contributed by atoms with Crippen molar-refractivity contribution in [3.05, 3.63) is 11.1 Å². The van der Waals surface area contributed by atoms with Crippen LogP contribution in [-0.2, 0) is 19.1 Å². The van der Waals surface area contributed by atoms with Crippen molar-refractivity contribution in [2.45, 2.75) is 105 Å². The number of rotatable bonds is 1. The van der Waals surface area contributed by atoms with E-state index in [1.54, 1.807) is 0 Å². The molecule has 4 aliphatic carbocycles. The lowest BCUT2D eigenvalue weighted by Crippen LogP contribution is -2.66. The highest BCUT2D eigenvalue weighted by molar-refractivity contribution is 5.94. The second-order valence-electron chi connectivity index (χ2n) is 13.0. The predicted molar refractivity (Wildman–Crippen MR) is 122 cm³/mol. The first-order valence-corrected chi connectivity index (χ1v) is 12.8. The van der Waals surface area contributed by atoms with E-state index in [0.29, 0.717) is 30.3 Å². The Kier molecular flexibility index (Phi) is 5.00. The Hall–Kier alpha value is -1.40. The number of fused-ring (bicyclic) bond motifs is 6. The first kappa shape index (κ1) is 23.3. The fourth-order valence-electron chi connectivity index (χ4n) is 9.94. The van der Waals surface area contributed by atoms with Crippen LogP contribution in [0.1, 0.15) is 86.5 Å². The van der Waals surface area contributed by atoms with Crippen LogP contribution in [0, 0.1) is 39.4 Å².